The molecule has 1 heterocycles. The number of para-hydroxylation sites is 2. The largest absolute Gasteiger partial charge is 0.356 e. The van der Waals surface area contributed by atoms with Crippen molar-refractivity contribution in [2.45, 2.75) is 12.8 Å². The van der Waals surface area contributed by atoms with E-state index in [0.29, 0.717) is 0 Å². The van der Waals surface area contributed by atoms with Gasteiger partial charge in [-0.3, -0.25) is 0 Å². The fraction of sp³-hybridized carbons (Fsp3) is 0.235. The molecule has 0 unspecified atom stereocenters. The molecule has 0 aliphatic carbocycles. The predicted molar refractivity (Wildman–Crippen MR) is 84.0 cm³/mol. The summed E-state index contributed by atoms with van der Waals surface area (Å²) in [6, 6.07) is 18.8. The van der Waals surface area contributed by atoms with Gasteiger partial charge >= 0.3 is 0 Å². The van der Waals surface area contributed by atoms with Gasteiger partial charge in [0.2, 0.25) is 5.95 Å². The van der Waals surface area contributed by atoms with Crippen molar-refractivity contribution in [1.82, 2.24) is 9.55 Å². The molecule has 0 saturated carbocycles. The summed E-state index contributed by atoms with van der Waals surface area (Å²) in [5.41, 5.74) is 3.60. The van der Waals surface area contributed by atoms with Gasteiger partial charge in [0.25, 0.3) is 0 Å². The van der Waals surface area contributed by atoms with E-state index in [2.05, 4.69) is 58.3 Å². The molecular weight excluding hydrogens is 246 g/mol. The Morgan fingerprint density at radius 2 is 1.75 bits per heavy atom. The number of aromatic nitrogens is 2. The van der Waals surface area contributed by atoms with Crippen LogP contribution in [0.5, 0.6) is 0 Å². The molecule has 1 aromatic heterocycles. The van der Waals surface area contributed by atoms with Crippen molar-refractivity contribution in [3.05, 3.63) is 60.2 Å². The lowest BCUT2D eigenvalue weighted by atomic mass is 10.1. The molecule has 0 amide bonds. The van der Waals surface area contributed by atoms with Crippen LogP contribution >= 0.6 is 0 Å². The van der Waals surface area contributed by atoms with Crippen LogP contribution in [0.1, 0.15) is 12.0 Å². The normalized spacial score (nSPS) is 10.8. The monoisotopic (exact) mass is 265 g/mol. The number of hydrogen-bond donors (Lipinski definition) is 1. The van der Waals surface area contributed by atoms with Crippen molar-refractivity contribution in [3.63, 3.8) is 0 Å². The van der Waals surface area contributed by atoms with Crippen molar-refractivity contribution in [2.24, 2.45) is 7.05 Å². The Kier molecular flexibility index (Phi) is 3.68. The van der Waals surface area contributed by atoms with Crippen molar-refractivity contribution in [2.75, 3.05) is 11.9 Å². The Morgan fingerprint density at radius 3 is 2.55 bits per heavy atom. The topological polar surface area (TPSA) is 29.9 Å². The van der Waals surface area contributed by atoms with E-state index < -0.39 is 0 Å². The van der Waals surface area contributed by atoms with Crippen molar-refractivity contribution in [1.29, 1.82) is 0 Å². The van der Waals surface area contributed by atoms with E-state index in [1.54, 1.807) is 0 Å². The van der Waals surface area contributed by atoms with Gasteiger partial charge in [0.15, 0.2) is 0 Å². The minimum atomic E-state index is 0.937. The zero-order valence-electron chi connectivity index (χ0n) is 11.7. The maximum absolute atomic E-state index is 4.61. The van der Waals surface area contributed by atoms with Gasteiger partial charge in [0.1, 0.15) is 0 Å². The number of benzene rings is 2. The van der Waals surface area contributed by atoms with Gasteiger partial charge in [-0.1, -0.05) is 42.5 Å². The summed E-state index contributed by atoms with van der Waals surface area (Å²) in [4.78, 5) is 4.61. The molecule has 0 radical (unpaired) electrons. The minimum Gasteiger partial charge on any atom is -0.356 e. The highest BCUT2D eigenvalue weighted by Gasteiger charge is 2.05. The third-order valence-electron chi connectivity index (χ3n) is 3.56. The van der Waals surface area contributed by atoms with Crippen LogP contribution in [-0.2, 0) is 13.5 Å². The van der Waals surface area contributed by atoms with Gasteiger partial charge in [-0.25, -0.2) is 4.98 Å². The van der Waals surface area contributed by atoms with Crippen LogP contribution in [0.25, 0.3) is 11.0 Å². The second-order valence-electron chi connectivity index (χ2n) is 5.00. The van der Waals surface area contributed by atoms with E-state index in [-0.39, 0.29) is 0 Å². The quantitative estimate of drug-likeness (QED) is 0.714. The number of fused-ring (bicyclic) bond motifs is 1. The predicted octanol–water partition coefficient (Wildman–Crippen LogP) is 3.62. The highest BCUT2D eigenvalue weighted by molar-refractivity contribution is 5.78. The lowest BCUT2D eigenvalue weighted by Crippen LogP contribution is -2.07. The number of hydrogen-bond acceptors (Lipinski definition) is 2. The van der Waals surface area contributed by atoms with E-state index in [1.165, 1.54) is 5.56 Å². The van der Waals surface area contributed by atoms with Gasteiger partial charge < -0.3 is 9.88 Å². The lowest BCUT2D eigenvalue weighted by Gasteiger charge is -2.06. The second kappa shape index (κ2) is 5.78. The van der Waals surface area contributed by atoms with Gasteiger partial charge in [-0.2, -0.15) is 0 Å². The summed E-state index contributed by atoms with van der Waals surface area (Å²) < 4.78 is 2.11. The third-order valence-corrected chi connectivity index (χ3v) is 3.56. The number of rotatable bonds is 5. The second-order valence-corrected chi connectivity index (χ2v) is 5.00. The van der Waals surface area contributed by atoms with Gasteiger partial charge in [0.05, 0.1) is 11.0 Å². The van der Waals surface area contributed by atoms with Gasteiger partial charge in [0, 0.05) is 13.6 Å². The fourth-order valence-corrected chi connectivity index (χ4v) is 2.44. The highest BCUT2D eigenvalue weighted by atomic mass is 15.2. The Morgan fingerprint density at radius 1 is 1.00 bits per heavy atom. The fourth-order valence-electron chi connectivity index (χ4n) is 2.44. The number of nitrogens with one attached hydrogen (secondary N) is 1. The Bertz CT molecular complexity index is 686. The smallest absolute Gasteiger partial charge is 0.203 e. The average molecular weight is 265 g/mol. The zero-order chi connectivity index (χ0) is 13.8. The Hall–Kier alpha value is -2.29. The molecule has 0 saturated heterocycles. The highest BCUT2D eigenvalue weighted by Crippen LogP contribution is 2.17. The van der Waals surface area contributed by atoms with E-state index in [1.807, 2.05) is 18.2 Å². The first-order valence-corrected chi connectivity index (χ1v) is 7.04. The van der Waals surface area contributed by atoms with E-state index in [0.717, 1.165) is 36.4 Å². The molecule has 3 heteroatoms. The summed E-state index contributed by atoms with van der Waals surface area (Å²) in [7, 11) is 2.05. The molecule has 0 atom stereocenters. The molecular formula is C17H19N3. The van der Waals surface area contributed by atoms with Crippen LogP contribution in [0, 0.1) is 0 Å². The molecule has 20 heavy (non-hydrogen) atoms. The standard InChI is InChI=1S/C17H19N3/c1-20-16-12-6-5-11-15(16)19-17(20)18-13-7-10-14-8-3-2-4-9-14/h2-6,8-9,11-12H,7,10,13H2,1H3,(H,18,19). The van der Waals surface area contributed by atoms with E-state index in [9.17, 15) is 0 Å². The first-order valence-electron chi connectivity index (χ1n) is 7.04. The maximum atomic E-state index is 4.61. The average Bonchev–Trinajstić information content (AvgIpc) is 2.82. The molecule has 3 nitrogen and oxygen atoms in total. The van der Waals surface area contributed by atoms with Gasteiger partial charge in [-0.15, -0.1) is 0 Å². The molecule has 2 aromatic carbocycles. The Labute approximate surface area is 119 Å². The first kappa shape index (κ1) is 12.7. The van der Waals surface area contributed by atoms with Crippen LogP contribution in [-0.4, -0.2) is 16.1 Å². The van der Waals surface area contributed by atoms with E-state index >= 15 is 0 Å². The molecule has 0 fully saturated rings. The molecule has 0 bridgehead atoms. The molecule has 102 valence electrons. The minimum absolute atomic E-state index is 0.937. The molecule has 3 aromatic rings. The number of anilines is 1. The summed E-state index contributed by atoms with van der Waals surface area (Å²) in [5.74, 6) is 0.944. The third kappa shape index (κ3) is 2.67. The summed E-state index contributed by atoms with van der Waals surface area (Å²) in [6.45, 7) is 0.937. The van der Waals surface area contributed by atoms with Crippen LogP contribution in [0.15, 0.2) is 54.6 Å². The number of nitrogens with zero attached hydrogens (tertiary/aromatic N) is 2. The van der Waals surface area contributed by atoms with E-state index in [4.69, 9.17) is 0 Å². The Balaban J connectivity index is 1.59. The summed E-state index contributed by atoms with van der Waals surface area (Å²) in [6.07, 6.45) is 2.20. The van der Waals surface area contributed by atoms with Crippen LogP contribution in [0.3, 0.4) is 0 Å². The van der Waals surface area contributed by atoms with Crippen molar-refractivity contribution in [3.8, 4) is 0 Å². The number of aryl methyl sites for hydroxylation is 2. The first-order chi connectivity index (χ1) is 9.84. The molecule has 1 N–H and O–H groups in total. The van der Waals surface area contributed by atoms with Crippen LogP contribution in [0.2, 0.25) is 0 Å². The van der Waals surface area contributed by atoms with Crippen molar-refractivity contribution >= 4 is 17.0 Å². The SMILES string of the molecule is Cn1c(NCCCc2ccccc2)nc2ccccc21. The molecule has 0 aliphatic heterocycles. The zero-order valence-corrected chi connectivity index (χ0v) is 11.7. The van der Waals surface area contributed by atoms with Crippen LogP contribution in [0.4, 0.5) is 5.95 Å². The van der Waals surface area contributed by atoms with Gasteiger partial charge in [-0.05, 0) is 30.5 Å². The number of imidazole rings is 1. The molecule has 3 rings (SSSR count). The maximum Gasteiger partial charge on any atom is 0.203 e. The van der Waals surface area contributed by atoms with Crippen molar-refractivity contribution < 1.29 is 0 Å². The molecule has 0 spiro atoms. The lowest BCUT2D eigenvalue weighted by molar-refractivity contribution is 0.838. The van der Waals surface area contributed by atoms with Crippen LogP contribution < -0.4 is 5.32 Å². The summed E-state index contributed by atoms with van der Waals surface area (Å²) >= 11 is 0. The summed E-state index contributed by atoms with van der Waals surface area (Å²) in [5, 5.41) is 3.42. The molecule has 0 aliphatic rings.